The maximum absolute atomic E-state index is 11.6. The van der Waals surface area contributed by atoms with Crippen LogP contribution >= 0.6 is 11.6 Å². The second kappa shape index (κ2) is 28.3. The Kier molecular flexibility index (Phi) is 15.6. The Balaban J connectivity index is 1.46. The first kappa shape index (κ1) is 62.6. The highest BCUT2D eigenvalue weighted by molar-refractivity contribution is 7.00. The van der Waals surface area contributed by atoms with Crippen LogP contribution in [0.1, 0.15) is 314 Å². The van der Waals surface area contributed by atoms with Gasteiger partial charge in [0.2, 0.25) is 0 Å². The standard InChI is InChI=1S/C110H132BClN2/c1-100(2,3)74-42-37-67(38-43-74)86-61-82(108(25,26)27)63-88(73-54-80(106(19,20)21)60-81(55-73)107(22,23)24)98(86)114-94-66-84(112)47-49-91(94)111-92-56-70(71-52-78(104(13,14)15)59-79(53-71)105(16,17)18)41-50-93(92)113(95-57-72(58-96(114)97(95)111)69-35-34-36-76(51-69)102(7,8)9)99-87(68-39-44-75(45-40-68)101(4,5)6)62-83(109(28,29)30)64-89(99)85-48-46-77(103(10,11)12)65-90(85)110(31,32)33/h34-66H,1-33H3/i37D,38D,39D,40D,42D,43D,44D,45D,46D,48D,54D,55D,60D,61D,62D,63D,64D,65D. The van der Waals surface area contributed by atoms with Crippen LogP contribution in [-0.4, -0.2) is 6.71 Å². The maximum atomic E-state index is 11.6. The van der Waals surface area contributed by atoms with Crippen molar-refractivity contribution >= 4 is 68.8 Å². The fourth-order valence-electron chi connectivity index (χ4n) is 15.1. The SMILES string of the molecule is [2H]c1c([2H])c(C(C)(C)C)c([2H])c([2H])c1-c1c([2H])c(C(C)(C)C)c([2H])c(-c2c([2H])c(C(C)(C)C)c([2H])c(C(C)(C)C)c2[2H])c1N1c2cc(Cl)ccc2B2c3cc(-c4cc(C(C)(C)C)cc(C(C)(C)C)c4)ccc3N(c3c(-c4c([2H])c([2H])c(C(C)(C)C)c([2H])c4[2H])c([2H])c(C(C)(C)C)c([2H])c3-c3c([2H])c([2H])c(C(C)(C)C)c([2H])c3C(C)(C)C)c3cc(-c4cccc(C(C)(C)C)c4)cc1c32. The van der Waals surface area contributed by atoms with Gasteiger partial charge in [-0.05, 0) is 236 Å². The summed E-state index contributed by atoms with van der Waals surface area (Å²) in [7, 11) is 0. The third kappa shape index (κ3) is 16.2. The van der Waals surface area contributed by atoms with Gasteiger partial charge in [-0.1, -0.05) is 385 Å². The van der Waals surface area contributed by atoms with E-state index in [1.54, 1.807) is 12.1 Å². The lowest BCUT2D eigenvalue weighted by Gasteiger charge is -2.46. The van der Waals surface area contributed by atoms with Gasteiger partial charge >= 0.3 is 0 Å². The predicted molar refractivity (Wildman–Crippen MR) is 504 cm³/mol. The molecule has 2 nitrogen and oxygen atoms in total. The number of nitrogens with zero attached hydrogens (tertiary/aromatic N) is 2. The molecule has 0 fully saturated rings. The van der Waals surface area contributed by atoms with Crippen LogP contribution in [0.15, 0.2) is 200 Å². The van der Waals surface area contributed by atoms with E-state index in [0.717, 1.165) is 27.8 Å². The summed E-state index contributed by atoms with van der Waals surface area (Å²) in [6.07, 6.45) is 0. The van der Waals surface area contributed by atoms with Crippen molar-refractivity contribution in [1.29, 1.82) is 0 Å². The molecule has 114 heavy (non-hydrogen) atoms. The van der Waals surface area contributed by atoms with Crippen molar-refractivity contribution in [3.8, 4) is 66.8 Å². The Labute approximate surface area is 720 Å². The Morgan fingerprint density at radius 2 is 0.632 bits per heavy atom. The molecule has 2 aliphatic heterocycles. The van der Waals surface area contributed by atoms with Gasteiger partial charge in [-0.25, -0.2) is 0 Å². The van der Waals surface area contributed by atoms with Gasteiger partial charge in [0.05, 0.1) is 36.0 Å². The quantitative estimate of drug-likeness (QED) is 0.140. The Hall–Kier alpha value is -8.63. The maximum Gasteiger partial charge on any atom is 0.252 e. The van der Waals surface area contributed by atoms with Gasteiger partial charge in [0.15, 0.2) is 0 Å². The van der Waals surface area contributed by atoms with Crippen molar-refractivity contribution in [3.05, 3.63) is 266 Å². The molecule has 0 aliphatic carbocycles. The van der Waals surface area contributed by atoms with E-state index >= 15 is 0 Å². The van der Waals surface area contributed by atoms with E-state index in [9.17, 15) is 24.7 Å². The molecule has 0 unspecified atom stereocenters. The van der Waals surface area contributed by atoms with Crippen molar-refractivity contribution in [2.45, 2.75) is 288 Å². The number of fused-ring (bicyclic) bond motifs is 4. The lowest BCUT2D eigenvalue weighted by Crippen LogP contribution is -2.61. The summed E-state index contributed by atoms with van der Waals surface area (Å²) in [6, 6.07) is 24.4. The molecule has 0 aromatic heterocycles. The van der Waals surface area contributed by atoms with Gasteiger partial charge in [0.1, 0.15) is 0 Å². The van der Waals surface area contributed by atoms with Crippen molar-refractivity contribution in [2.24, 2.45) is 0 Å². The van der Waals surface area contributed by atoms with Gasteiger partial charge in [0, 0.05) is 50.0 Å². The second-order valence-corrected chi connectivity index (χ2v) is 44.0. The average Bonchev–Trinajstić information content (AvgIpc) is 0.675. The zero-order valence-electron chi connectivity index (χ0n) is 92.5. The molecule has 592 valence electrons. The summed E-state index contributed by atoms with van der Waals surface area (Å²) >= 11 is 7.80. The highest BCUT2D eigenvalue weighted by Gasteiger charge is 2.47. The molecule has 11 aromatic rings. The second-order valence-electron chi connectivity index (χ2n) is 43.6. The van der Waals surface area contributed by atoms with Crippen LogP contribution in [0, 0.1) is 0 Å². The van der Waals surface area contributed by atoms with Crippen LogP contribution in [0.5, 0.6) is 0 Å². The zero-order valence-corrected chi connectivity index (χ0v) is 75.3. The van der Waals surface area contributed by atoms with Gasteiger partial charge in [0.25, 0.3) is 6.71 Å². The Morgan fingerprint density at radius 3 is 1.08 bits per heavy atom. The van der Waals surface area contributed by atoms with E-state index in [1.165, 1.54) is 0 Å². The van der Waals surface area contributed by atoms with E-state index in [1.807, 2.05) is 218 Å². The number of halogens is 1. The number of hydrogen-bond acceptors (Lipinski definition) is 2. The van der Waals surface area contributed by atoms with E-state index < -0.39 is 79.6 Å². The molecular weight excluding hydrogens is 1400 g/mol. The Morgan fingerprint density at radius 1 is 0.246 bits per heavy atom. The van der Waals surface area contributed by atoms with E-state index in [2.05, 4.69) is 98.7 Å². The molecule has 2 aliphatic rings. The average molecular weight is 1550 g/mol. The summed E-state index contributed by atoms with van der Waals surface area (Å²) in [5.41, 5.74) is -0.927. The molecular formula is C110H132BClN2. The zero-order chi connectivity index (χ0) is 99.3. The minimum absolute atomic E-state index is 0.00532. The van der Waals surface area contributed by atoms with Gasteiger partial charge in [-0.2, -0.15) is 0 Å². The number of benzene rings is 11. The lowest BCUT2D eigenvalue weighted by molar-refractivity contribution is 0.568. The highest BCUT2D eigenvalue weighted by atomic mass is 35.5. The summed E-state index contributed by atoms with van der Waals surface area (Å²) in [5, 5.41) is 0.213. The molecule has 0 bridgehead atoms. The first-order valence-electron chi connectivity index (χ1n) is 49.8. The summed E-state index contributed by atoms with van der Waals surface area (Å²) < 4.78 is 195. The third-order valence-corrected chi connectivity index (χ3v) is 22.5. The molecule has 11 aromatic carbocycles. The predicted octanol–water partition coefficient (Wildman–Crippen LogP) is 30.7. The minimum atomic E-state index is -1.19. The van der Waals surface area contributed by atoms with Crippen molar-refractivity contribution in [1.82, 2.24) is 0 Å². The molecule has 0 radical (unpaired) electrons. The minimum Gasteiger partial charge on any atom is -0.310 e. The van der Waals surface area contributed by atoms with Crippen LogP contribution in [0.2, 0.25) is 5.02 Å². The molecule has 13 rings (SSSR count). The normalized spacial score (nSPS) is 16.2. The van der Waals surface area contributed by atoms with Crippen molar-refractivity contribution < 1.29 is 24.7 Å². The molecule has 0 saturated heterocycles. The molecule has 0 saturated carbocycles. The monoisotopic (exact) mass is 1550 g/mol. The van der Waals surface area contributed by atoms with Crippen LogP contribution in [0.3, 0.4) is 0 Å². The van der Waals surface area contributed by atoms with Crippen LogP contribution in [0.4, 0.5) is 34.1 Å². The third-order valence-electron chi connectivity index (χ3n) is 22.3. The molecule has 0 amide bonds. The van der Waals surface area contributed by atoms with Gasteiger partial charge in [-0.3, -0.25) is 0 Å². The first-order valence-corrected chi connectivity index (χ1v) is 41.2. The lowest BCUT2D eigenvalue weighted by atomic mass is 9.33. The van der Waals surface area contributed by atoms with Crippen LogP contribution in [-0.2, 0) is 59.6 Å². The molecule has 0 atom stereocenters. The summed E-state index contributed by atoms with van der Waals surface area (Å²) in [4.78, 5) is 3.81. The number of anilines is 6. The first-order chi connectivity index (χ1) is 60.0. The van der Waals surface area contributed by atoms with E-state index in [0.29, 0.717) is 44.6 Å². The van der Waals surface area contributed by atoms with Crippen molar-refractivity contribution in [2.75, 3.05) is 9.80 Å². The molecule has 4 heteroatoms. The Bertz CT molecular complexity index is 6580. The number of hydrogen-bond donors (Lipinski definition) is 0. The van der Waals surface area contributed by atoms with Gasteiger partial charge in [-0.15, -0.1) is 0 Å². The molecule has 0 N–H and O–H groups in total. The van der Waals surface area contributed by atoms with Gasteiger partial charge < -0.3 is 9.80 Å². The van der Waals surface area contributed by atoms with E-state index in [4.69, 9.17) is 11.6 Å². The number of rotatable bonds is 8. The van der Waals surface area contributed by atoms with Crippen LogP contribution in [0.25, 0.3) is 66.8 Å². The molecule has 0 spiro atoms. The topological polar surface area (TPSA) is 6.48 Å². The van der Waals surface area contributed by atoms with E-state index in [-0.39, 0.29) is 207 Å². The summed E-state index contributed by atoms with van der Waals surface area (Å²) in [5.74, 6) is 0. The highest BCUT2D eigenvalue weighted by Crippen LogP contribution is 2.57. The summed E-state index contributed by atoms with van der Waals surface area (Å²) in [6.45, 7) is 63.4. The van der Waals surface area contributed by atoms with Crippen molar-refractivity contribution in [3.63, 3.8) is 0 Å². The fourth-order valence-corrected chi connectivity index (χ4v) is 15.3. The fraction of sp³-hybridized carbons (Fsp3) is 0.400. The smallest absolute Gasteiger partial charge is 0.252 e. The molecule has 2 heterocycles. The van der Waals surface area contributed by atoms with Crippen LogP contribution < -0.4 is 26.2 Å². The largest absolute Gasteiger partial charge is 0.310 e.